The molecule has 9 heteroatoms. The Balaban J connectivity index is 1.41. The summed E-state index contributed by atoms with van der Waals surface area (Å²) in [6, 6.07) is 16.9. The molecule has 1 aromatic heterocycles. The van der Waals surface area contributed by atoms with E-state index >= 15 is 0 Å². The number of ether oxygens (including phenoxy) is 1. The first-order chi connectivity index (χ1) is 17.9. The number of hydrogen-bond acceptors (Lipinski definition) is 6. The Labute approximate surface area is 218 Å². The lowest BCUT2D eigenvalue weighted by Gasteiger charge is -2.30. The predicted octanol–water partition coefficient (Wildman–Crippen LogP) is 3.47. The summed E-state index contributed by atoms with van der Waals surface area (Å²) in [4.78, 5) is 22.1. The number of carbonyl (C=O) groups is 1. The van der Waals surface area contributed by atoms with E-state index in [1.54, 1.807) is 6.20 Å². The lowest BCUT2D eigenvalue weighted by molar-refractivity contribution is 0.0319. The predicted molar refractivity (Wildman–Crippen MR) is 141 cm³/mol. The Hall–Kier alpha value is -3.01. The smallest absolute Gasteiger partial charge is 0.254 e. The number of rotatable bonds is 10. The lowest BCUT2D eigenvalue weighted by Crippen LogP contribution is -2.43. The van der Waals surface area contributed by atoms with Crippen LogP contribution in [0.5, 0.6) is 0 Å². The van der Waals surface area contributed by atoms with Gasteiger partial charge < -0.3 is 14.2 Å². The average Bonchev–Trinajstić information content (AvgIpc) is 3.66. The fourth-order valence-corrected chi connectivity index (χ4v) is 6.26. The van der Waals surface area contributed by atoms with Crippen LogP contribution in [0.15, 0.2) is 66.0 Å². The largest absolute Gasteiger partial charge is 0.379 e. The monoisotopic (exact) mass is 522 g/mol. The van der Waals surface area contributed by atoms with Gasteiger partial charge in [-0.05, 0) is 37.5 Å². The Bertz CT molecular complexity index is 1310. The number of nitrogens with zero attached hydrogens (tertiary/aromatic N) is 4. The van der Waals surface area contributed by atoms with Crippen molar-refractivity contribution < 1.29 is 17.9 Å². The molecule has 0 atom stereocenters. The number of aromatic nitrogens is 2. The van der Waals surface area contributed by atoms with Crippen molar-refractivity contribution in [2.75, 3.05) is 39.4 Å². The number of morpholine rings is 1. The van der Waals surface area contributed by atoms with Crippen LogP contribution in [-0.2, 0) is 26.9 Å². The van der Waals surface area contributed by atoms with Gasteiger partial charge in [0.25, 0.3) is 5.91 Å². The minimum absolute atomic E-state index is 0.0644. The van der Waals surface area contributed by atoms with E-state index in [2.05, 4.69) is 9.88 Å². The molecule has 1 saturated carbocycles. The van der Waals surface area contributed by atoms with Crippen LogP contribution in [0.2, 0.25) is 0 Å². The highest BCUT2D eigenvalue weighted by Gasteiger charge is 2.34. The molecule has 3 aromatic rings. The van der Waals surface area contributed by atoms with Gasteiger partial charge in [0.05, 0.1) is 37.4 Å². The zero-order valence-corrected chi connectivity index (χ0v) is 22.1. The van der Waals surface area contributed by atoms with E-state index in [0.717, 1.165) is 49.3 Å². The molecular weight excluding hydrogens is 488 g/mol. The maximum absolute atomic E-state index is 13.6. The van der Waals surface area contributed by atoms with Crippen molar-refractivity contribution in [1.82, 2.24) is 19.4 Å². The Morgan fingerprint density at radius 2 is 1.76 bits per heavy atom. The van der Waals surface area contributed by atoms with E-state index in [4.69, 9.17) is 4.74 Å². The SMILES string of the molecule is Cc1ccc(C(=O)N(CCN2CCOCC2)Cc2cnc(S(=O)(=O)Cc3ccccc3)n2C2CC2)cc1. The van der Waals surface area contributed by atoms with E-state index in [-0.39, 0.29) is 22.9 Å². The van der Waals surface area contributed by atoms with Crippen LogP contribution in [0.3, 0.4) is 0 Å². The minimum Gasteiger partial charge on any atom is -0.379 e. The summed E-state index contributed by atoms with van der Waals surface area (Å²) in [6.07, 6.45) is 3.47. The second kappa shape index (κ2) is 11.2. The van der Waals surface area contributed by atoms with E-state index in [1.165, 1.54) is 0 Å². The average molecular weight is 523 g/mol. The fraction of sp³-hybridized carbons (Fsp3) is 0.429. The summed E-state index contributed by atoms with van der Waals surface area (Å²) in [7, 11) is -3.64. The van der Waals surface area contributed by atoms with Gasteiger partial charge in [-0.25, -0.2) is 13.4 Å². The molecular formula is C28H34N4O4S. The topological polar surface area (TPSA) is 84.7 Å². The third kappa shape index (κ3) is 6.29. The first-order valence-electron chi connectivity index (χ1n) is 12.9. The normalized spacial score (nSPS) is 16.6. The second-order valence-corrected chi connectivity index (χ2v) is 11.8. The van der Waals surface area contributed by atoms with Gasteiger partial charge in [-0.15, -0.1) is 0 Å². The number of aryl methyl sites for hydroxylation is 1. The number of sulfone groups is 1. The standard InChI is InChI=1S/C28H34N4O4S/c1-22-7-9-24(10-8-22)27(33)31(14-13-30-15-17-36-18-16-30)20-26-19-29-28(32(26)25-11-12-25)37(34,35)21-23-5-3-2-4-6-23/h2-10,19,25H,11-18,20-21H2,1H3. The lowest BCUT2D eigenvalue weighted by atomic mass is 10.1. The highest BCUT2D eigenvalue weighted by atomic mass is 32.2. The quantitative estimate of drug-likeness (QED) is 0.405. The molecule has 37 heavy (non-hydrogen) atoms. The van der Waals surface area contributed by atoms with Crippen LogP contribution in [0.1, 0.15) is 46.1 Å². The third-order valence-corrected chi connectivity index (χ3v) is 8.53. The number of hydrogen-bond donors (Lipinski definition) is 0. The first kappa shape index (κ1) is 25.6. The molecule has 2 aromatic carbocycles. The Kier molecular flexibility index (Phi) is 7.73. The van der Waals surface area contributed by atoms with Crippen LogP contribution >= 0.6 is 0 Å². The van der Waals surface area contributed by atoms with Crippen molar-refractivity contribution in [2.45, 2.75) is 43.3 Å². The molecule has 196 valence electrons. The van der Waals surface area contributed by atoms with Crippen LogP contribution in [-0.4, -0.2) is 73.1 Å². The molecule has 2 aliphatic rings. The molecule has 0 bridgehead atoms. The third-order valence-electron chi connectivity index (χ3n) is 6.96. The van der Waals surface area contributed by atoms with Gasteiger partial charge in [-0.2, -0.15) is 0 Å². The summed E-state index contributed by atoms with van der Waals surface area (Å²) >= 11 is 0. The zero-order chi connectivity index (χ0) is 25.8. The Morgan fingerprint density at radius 1 is 1.05 bits per heavy atom. The molecule has 0 N–H and O–H groups in total. The van der Waals surface area contributed by atoms with E-state index in [0.29, 0.717) is 31.9 Å². The maximum atomic E-state index is 13.6. The van der Waals surface area contributed by atoms with Crippen molar-refractivity contribution in [3.05, 3.63) is 83.2 Å². The molecule has 5 rings (SSSR count). The van der Waals surface area contributed by atoms with Gasteiger partial charge in [0, 0.05) is 37.8 Å². The molecule has 1 aliphatic carbocycles. The van der Waals surface area contributed by atoms with Crippen molar-refractivity contribution in [2.24, 2.45) is 0 Å². The van der Waals surface area contributed by atoms with Crippen molar-refractivity contribution in [3.63, 3.8) is 0 Å². The van der Waals surface area contributed by atoms with E-state index in [9.17, 15) is 13.2 Å². The number of carbonyl (C=O) groups excluding carboxylic acids is 1. The van der Waals surface area contributed by atoms with Gasteiger partial charge in [0.1, 0.15) is 0 Å². The Morgan fingerprint density at radius 3 is 2.43 bits per heavy atom. The first-order valence-corrected chi connectivity index (χ1v) is 14.5. The molecule has 0 spiro atoms. The van der Waals surface area contributed by atoms with Crippen LogP contribution < -0.4 is 0 Å². The maximum Gasteiger partial charge on any atom is 0.254 e. The molecule has 1 aliphatic heterocycles. The van der Waals surface area contributed by atoms with E-state index in [1.807, 2.05) is 71.0 Å². The van der Waals surface area contributed by atoms with Gasteiger partial charge >= 0.3 is 0 Å². The van der Waals surface area contributed by atoms with Crippen molar-refractivity contribution >= 4 is 15.7 Å². The molecule has 2 fully saturated rings. The molecule has 0 unspecified atom stereocenters. The van der Waals surface area contributed by atoms with E-state index < -0.39 is 9.84 Å². The van der Waals surface area contributed by atoms with Crippen LogP contribution in [0.4, 0.5) is 0 Å². The minimum atomic E-state index is -3.64. The van der Waals surface area contributed by atoms with Gasteiger partial charge in [0.15, 0.2) is 0 Å². The fourth-order valence-electron chi connectivity index (χ4n) is 4.72. The number of imidazole rings is 1. The van der Waals surface area contributed by atoms with Gasteiger partial charge in [-0.3, -0.25) is 9.69 Å². The summed E-state index contributed by atoms with van der Waals surface area (Å²) in [5.41, 5.74) is 3.21. The number of amides is 1. The highest BCUT2D eigenvalue weighted by molar-refractivity contribution is 7.90. The molecule has 1 saturated heterocycles. The van der Waals surface area contributed by atoms with Crippen LogP contribution in [0.25, 0.3) is 0 Å². The summed E-state index contributed by atoms with van der Waals surface area (Å²) in [5.74, 6) is -0.162. The van der Waals surface area contributed by atoms with Gasteiger partial charge in [0.2, 0.25) is 15.0 Å². The number of benzene rings is 2. The summed E-state index contributed by atoms with van der Waals surface area (Å²) in [5, 5.41) is 0.102. The molecule has 1 amide bonds. The van der Waals surface area contributed by atoms with Gasteiger partial charge in [-0.1, -0.05) is 48.0 Å². The molecule has 8 nitrogen and oxygen atoms in total. The summed E-state index contributed by atoms with van der Waals surface area (Å²) in [6.45, 7) is 6.65. The zero-order valence-electron chi connectivity index (χ0n) is 21.3. The molecule has 2 heterocycles. The summed E-state index contributed by atoms with van der Waals surface area (Å²) < 4.78 is 34.1. The highest BCUT2D eigenvalue weighted by Crippen LogP contribution is 2.39. The van der Waals surface area contributed by atoms with Crippen molar-refractivity contribution in [1.29, 1.82) is 0 Å². The second-order valence-electron chi connectivity index (χ2n) is 9.92. The molecule has 0 radical (unpaired) electrons. The van der Waals surface area contributed by atoms with Crippen LogP contribution in [0, 0.1) is 6.92 Å². The van der Waals surface area contributed by atoms with Crippen molar-refractivity contribution in [3.8, 4) is 0 Å².